The van der Waals surface area contributed by atoms with Gasteiger partial charge >= 0.3 is 6.03 Å². The Balaban J connectivity index is -0.000000274. The quantitative estimate of drug-likeness (QED) is 0.672. The summed E-state index contributed by atoms with van der Waals surface area (Å²) in [6, 6.07) is 6.92. The molecule has 0 fully saturated rings. The summed E-state index contributed by atoms with van der Waals surface area (Å²) in [7, 11) is 3.75. The second kappa shape index (κ2) is 17.3. The molecule has 0 aliphatic carbocycles. The molecule has 18 heavy (non-hydrogen) atoms. The van der Waals surface area contributed by atoms with Gasteiger partial charge in [-0.2, -0.15) is 0 Å². The Morgan fingerprint density at radius 1 is 1.17 bits per heavy atom. The van der Waals surface area contributed by atoms with E-state index >= 15 is 0 Å². The van der Waals surface area contributed by atoms with Gasteiger partial charge in [0, 0.05) is 5.69 Å². The fraction of sp³-hybridized carbons (Fsp3) is 0.214. The molecule has 0 radical (unpaired) electrons. The van der Waals surface area contributed by atoms with Crippen LogP contribution in [0.3, 0.4) is 0 Å². The molecular formula is C14H25N3O. The number of rotatable bonds is 1. The molecule has 102 valence electrons. The first-order valence-corrected chi connectivity index (χ1v) is 5.31. The number of anilines is 1. The van der Waals surface area contributed by atoms with Gasteiger partial charge in [0.15, 0.2) is 0 Å². The lowest BCUT2D eigenvalue weighted by Crippen LogP contribution is -2.19. The maximum absolute atomic E-state index is 10.4. The van der Waals surface area contributed by atoms with Crippen LogP contribution in [-0.4, -0.2) is 20.1 Å². The zero-order valence-corrected chi connectivity index (χ0v) is 11.6. The van der Waals surface area contributed by atoms with Crippen molar-refractivity contribution >= 4 is 11.7 Å². The molecule has 0 aliphatic rings. The van der Waals surface area contributed by atoms with E-state index in [1.54, 1.807) is 6.07 Å². The maximum Gasteiger partial charge on any atom is 0.316 e. The summed E-state index contributed by atoms with van der Waals surface area (Å²) in [4.78, 5) is 10.4. The fourth-order valence-corrected chi connectivity index (χ4v) is 0.865. The normalized spacial score (nSPS) is 7.06. The third kappa shape index (κ3) is 16.4. The van der Waals surface area contributed by atoms with Crippen LogP contribution in [-0.2, 0) is 0 Å². The van der Waals surface area contributed by atoms with Gasteiger partial charge in [-0.15, -0.1) is 26.3 Å². The first kappa shape index (κ1) is 21.2. The number of carbonyl (C=O) groups is 1. The summed E-state index contributed by atoms with van der Waals surface area (Å²) in [5, 5.41) is 5.23. The molecule has 2 amide bonds. The lowest BCUT2D eigenvalue weighted by atomic mass is 10.2. The Hall–Kier alpha value is -2.07. The zero-order chi connectivity index (χ0) is 15.0. The van der Waals surface area contributed by atoms with Crippen molar-refractivity contribution < 1.29 is 4.79 Å². The highest BCUT2D eigenvalue weighted by Crippen LogP contribution is 2.08. The molecule has 0 atom stereocenters. The van der Waals surface area contributed by atoms with Crippen molar-refractivity contribution in [2.45, 2.75) is 6.92 Å². The van der Waals surface area contributed by atoms with Crippen LogP contribution in [0, 0.1) is 6.92 Å². The fourth-order valence-electron chi connectivity index (χ4n) is 0.865. The van der Waals surface area contributed by atoms with Crippen molar-refractivity contribution in [3.05, 3.63) is 56.1 Å². The monoisotopic (exact) mass is 251 g/mol. The van der Waals surface area contributed by atoms with Gasteiger partial charge in [-0.1, -0.05) is 12.1 Å². The minimum Gasteiger partial charge on any atom is -0.351 e. The largest absolute Gasteiger partial charge is 0.351 e. The highest BCUT2D eigenvalue weighted by atomic mass is 16.2. The van der Waals surface area contributed by atoms with Crippen molar-refractivity contribution in [3.8, 4) is 0 Å². The number of amides is 2. The van der Waals surface area contributed by atoms with Gasteiger partial charge in [0.1, 0.15) is 0 Å². The predicted molar refractivity (Wildman–Crippen MR) is 81.9 cm³/mol. The maximum atomic E-state index is 10.4. The molecule has 0 aliphatic heterocycles. The van der Waals surface area contributed by atoms with Crippen molar-refractivity contribution in [2.75, 3.05) is 19.4 Å². The molecule has 4 nitrogen and oxygen atoms in total. The summed E-state index contributed by atoms with van der Waals surface area (Å²) in [5.41, 5.74) is 6.75. The van der Waals surface area contributed by atoms with Crippen LogP contribution in [0.1, 0.15) is 5.56 Å². The van der Waals surface area contributed by atoms with Crippen LogP contribution < -0.4 is 16.4 Å². The van der Waals surface area contributed by atoms with E-state index in [-0.39, 0.29) is 0 Å². The number of aryl methyl sites for hydroxylation is 1. The average Bonchev–Trinajstić information content (AvgIpc) is 2.34. The number of urea groups is 1. The highest BCUT2D eigenvalue weighted by molar-refractivity contribution is 5.87. The van der Waals surface area contributed by atoms with E-state index in [2.05, 4.69) is 36.9 Å². The second-order valence-electron chi connectivity index (χ2n) is 2.86. The Morgan fingerprint density at radius 3 is 1.94 bits per heavy atom. The molecule has 1 rings (SSSR count). The molecule has 0 unspecified atom stereocenters. The van der Waals surface area contributed by atoms with Gasteiger partial charge in [0.05, 0.1) is 0 Å². The summed E-state index contributed by atoms with van der Waals surface area (Å²) in [5.74, 6) is 0. The van der Waals surface area contributed by atoms with Crippen LogP contribution in [0.4, 0.5) is 10.5 Å². The topological polar surface area (TPSA) is 67.2 Å². The number of benzene rings is 1. The number of nitrogens with one attached hydrogen (secondary N) is 2. The molecule has 1 aromatic carbocycles. The third-order valence-corrected chi connectivity index (χ3v) is 1.29. The summed E-state index contributed by atoms with van der Waals surface area (Å²) < 4.78 is 0. The smallest absolute Gasteiger partial charge is 0.316 e. The Labute approximate surface area is 111 Å². The SMILES string of the molecule is C=C.C=C.CNC.Cc1cccc(NC(N)=O)c1. The van der Waals surface area contributed by atoms with Crippen LogP contribution in [0.15, 0.2) is 50.6 Å². The molecular weight excluding hydrogens is 226 g/mol. The van der Waals surface area contributed by atoms with E-state index in [1.165, 1.54) is 0 Å². The van der Waals surface area contributed by atoms with Crippen LogP contribution in [0.25, 0.3) is 0 Å². The Morgan fingerprint density at radius 2 is 1.61 bits per heavy atom. The number of nitrogens with two attached hydrogens (primary N) is 1. The van der Waals surface area contributed by atoms with Gasteiger partial charge < -0.3 is 16.4 Å². The summed E-state index contributed by atoms with van der Waals surface area (Å²) in [6.07, 6.45) is 0. The molecule has 0 saturated carbocycles. The van der Waals surface area contributed by atoms with Gasteiger partial charge in [-0.25, -0.2) is 4.79 Å². The number of hydrogen-bond donors (Lipinski definition) is 3. The first-order chi connectivity index (χ1) is 8.60. The molecule has 0 spiro atoms. The predicted octanol–water partition coefficient (Wildman–Crippen LogP) is 2.93. The van der Waals surface area contributed by atoms with E-state index in [4.69, 9.17) is 5.73 Å². The Bertz CT molecular complexity index is 312. The number of primary amides is 1. The summed E-state index contributed by atoms with van der Waals surface area (Å²) >= 11 is 0. The second-order valence-corrected chi connectivity index (χ2v) is 2.86. The van der Waals surface area contributed by atoms with Gasteiger partial charge in [-0.3, -0.25) is 0 Å². The van der Waals surface area contributed by atoms with Crippen molar-refractivity contribution in [3.63, 3.8) is 0 Å². The lowest BCUT2D eigenvalue weighted by Gasteiger charge is -2.00. The molecule has 1 aromatic rings. The zero-order valence-electron chi connectivity index (χ0n) is 11.6. The number of carbonyl (C=O) groups excluding carboxylic acids is 1. The van der Waals surface area contributed by atoms with E-state index in [0.717, 1.165) is 11.3 Å². The van der Waals surface area contributed by atoms with Gasteiger partial charge in [0.2, 0.25) is 0 Å². The van der Waals surface area contributed by atoms with E-state index in [1.807, 2.05) is 39.2 Å². The minimum absolute atomic E-state index is 0.532. The first-order valence-electron chi connectivity index (χ1n) is 5.31. The van der Waals surface area contributed by atoms with Crippen LogP contribution >= 0.6 is 0 Å². The molecule has 0 aromatic heterocycles. The van der Waals surface area contributed by atoms with Gasteiger partial charge in [-0.05, 0) is 38.7 Å². The highest BCUT2D eigenvalue weighted by Gasteiger charge is 1.93. The van der Waals surface area contributed by atoms with Gasteiger partial charge in [0.25, 0.3) is 0 Å². The lowest BCUT2D eigenvalue weighted by molar-refractivity contribution is 0.259. The van der Waals surface area contributed by atoms with Crippen LogP contribution in [0.2, 0.25) is 0 Å². The van der Waals surface area contributed by atoms with Crippen molar-refractivity contribution in [1.82, 2.24) is 5.32 Å². The molecule has 4 N–H and O–H groups in total. The Kier molecular flexibility index (Phi) is 20.4. The molecule has 4 heteroatoms. The van der Waals surface area contributed by atoms with E-state index < -0.39 is 6.03 Å². The van der Waals surface area contributed by atoms with E-state index in [0.29, 0.717) is 0 Å². The molecule has 0 heterocycles. The summed E-state index contributed by atoms with van der Waals surface area (Å²) in [6.45, 7) is 14.0. The third-order valence-electron chi connectivity index (χ3n) is 1.29. The van der Waals surface area contributed by atoms with Crippen LogP contribution in [0.5, 0.6) is 0 Å². The number of hydrogen-bond acceptors (Lipinski definition) is 2. The molecule has 0 saturated heterocycles. The standard InChI is InChI=1S/C8H10N2O.C2H7N.2C2H4/c1-6-3-2-4-7(5-6)10-8(9)11;1-3-2;2*1-2/h2-5H,1H3,(H3,9,10,11);3H,1-2H3;2*1-2H2. The van der Waals surface area contributed by atoms with Crippen molar-refractivity contribution in [1.29, 1.82) is 0 Å². The molecule has 0 bridgehead atoms. The van der Waals surface area contributed by atoms with E-state index in [9.17, 15) is 4.79 Å². The minimum atomic E-state index is -0.532. The average molecular weight is 251 g/mol. The van der Waals surface area contributed by atoms with Crippen molar-refractivity contribution in [2.24, 2.45) is 5.73 Å².